The van der Waals surface area contributed by atoms with Crippen molar-refractivity contribution in [3.63, 3.8) is 0 Å². The Morgan fingerprint density at radius 3 is 2.71 bits per heavy atom. The Kier molecular flexibility index (Phi) is 4.42. The minimum atomic E-state index is -3.57. The maximum absolute atomic E-state index is 13.0. The molecule has 3 heterocycles. The van der Waals surface area contributed by atoms with Crippen molar-refractivity contribution in [2.75, 3.05) is 13.6 Å². The van der Waals surface area contributed by atoms with E-state index in [0.717, 1.165) is 18.4 Å². The Bertz CT molecular complexity index is 845. The lowest BCUT2D eigenvalue weighted by Gasteiger charge is -2.25. The maximum Gasteiger partial charge on any atom is 0.271 e. The first kappa shape index (κ1) is 16.7. The average molecular weight is 348 g/mol. The molecule has 0 spiro atoms. The van der Waals surface area contributed by atoms with Crippen molar-refractivity contribution < 1.29 is 13.2 Å². The highest BCUT2D eigenvalue weighted by Crippen LogP contribution is 2.33. The number of carbonyl (C=O) groups is 1. The Labute approximate surface area is 141 Å². The number of rotatable bonds is 4. The van der Waals surface area contributed by atoms with Crippen molar-refractivity contribution in [1.82, 2.24) is 19.2 Å². The zero-order chi connectivity index (χ0) is 17.3. The van der Waals surface area contributed by atoms with Crippen molar-refractivity contribution in [3.05, 3.63) is 48.0 Å². The number of nitrogens with zero attached hydrogens (tertiary/aromatic N) is 3. The van der Waals surface area contributed by atoms with Gasteiger partial charge in [0.25, 0.3) is 5.91 Å². The molecule has 1 aliphatic heterocycles. The van der Waals surface area contributed by atoms with Gasteiger partial charge in [0.1, 0.15) is 10.6 Å². The molecule has 2 aromatic heterocycles. The molecule has 0 saturated carbocycles. The van der Waals surface area contributed by atoms with Crippen LogP contribution < -0.4 is 4.72 Å². The van der Waals surface area contributed by atoms with Crippen LogP contribution in [0.15, 0.2) is 41.7 Å². The topological polar surface area (TPSA) is 84.3 Å². The van der Waals surface area contributed by atoms with Crippen molar-refractivity contribution in [2.45, 2.75) is 23.8 Å². The van der Waals surface area contributed by atoms with Crippen LogP contribution in [0.3, 0.4) is 0 Å². The first-order valence-corrected chi connectivity index (χ1v) is 9.23. The molecule has 2 aromatic rings. The fourth-order valence-electron chi connectivity index (χ4n) is 3.10. The van der Waals surface area contributed by atoms with E-state index in [1.54, 1.807) is 28.9 Å². The molecule has 1 amide bonds. The fraction of sp³-hybridized carbons (Fsp3) is 0.375. The normalized spacial score (nSPS) is 18.1. The molecule has 1 N–H and O–H groups in total. The van der Waals surface area contributed by atoms with Gasteiger partial charge < -0.3 is 9.47 Å². The van der Waals surface area contributed by atoms with Crippen molar-refractivity contribution >= 4 is 15.9 Å². The highest BCUT2D eigenvalue weighted by molar-refractivity contribution is 7.89. The van der Waals surface area contributed by atoms with Crippen molar-refractivity contribution in [2.24, 2.45) is 7.05 Å². The molecule has 1 saturated heterocycles. The number of aryl methyl sites for hydroxylation is 1. The Balaban J connectivity index is 1.92. The van der Waals surface area contributed by atoms with E-state index in [9.17, 15) is 13.2 Å². The standard InChI is InChI=1S/C16H20N4O3S/c1-17-24(22,23)13-10-15(19(2)11-13)16(21)20-9-3-4-14(20)12-5-7-18-8-6-12/h5-8,10-11,14,17H,3-4,9H2,1-2H3/t14-/m1/s1. The number of likely N-dealkylation sites (tertiary alicyclic amines) is 1. The molecular formula is C16H20N4O3S. The SMILES string of the molecule is CNS(=O)(=O)c1cc(C(=O)N2CCC[C@@H]2c2ccncc2)n(C)c1. The van der Waals surface area contributed by atoms with E-state index in [1.807, 2.05) is 12.1 Å². The number of aromatic nitrogens is 2. The third kappa shape index (κ3) is 2.94. The number of carbonyl (C=O) groups excluding carboxylic acids is 1. The number of hydrogen-bond acceptors (Lipinski definition) is 4. The minimum absolute atomic E-state index is 0.000225. The van der Waals surface area contributed by atoms with Gasteiger partial charge in [-0.1, -0.05) is 0 Å². The Morgan fingerprint density at radius 2 is 2.04 bits per heavy atom. The van der Waals surface area contributed by atoms with Gasteiger partial charge in [-0.3, -0.25) is 9.78 Å². The van der Waals surface area contributed by atoms with Gasteiger partial charge >= 0.3 is 0 Å². The molecular weight excluding hydrogens is 328 g/mol. The third-order valence-corrected chi connectivity index (χ3v) is 5.76. The van der Waals surface area contributed by atoms with Crippen LogP contribution in [0.5, 0.6) is 0 Å². The van der Waals surface area contributed by atoms with E-state index in [4.69, 9.17) is 0 Å². The van der Waals surface area contributed by atoms with Gasteiger partial charge in [-0.05, 0) is 43.7 Å². The van der Waals surface area contributed by atoms with Crippen LogP contribution in [-0.4, -0.2) is 42.4 Å². The molecule has 0 unspecified atom stereocenters. The monoisotopic (exact) mass is 348 g/mol. The second-order valence-electron chi connectivity index (χ2n) is 5.82. The van der Waals surface area contributed by atoms with Gasteiger partial charge in [0.05, 0.1) is 6.04 Å². The summed E-state index contributed by atoms with van der Waals surface area (Å²) in [5, 5.41) is 0. The lowest BCUT2D eigenvalue weighted by Crippen LogP contribution is -2.31. The van der Waals surface area contributed by atoms with E-state index < -0.39 is 10.0 Å². The predicted octanol–water partition coefficient (Wildman–Crippen LogP) is 1.31. The fourth-order valence-corrected chi connectivity index (χ4v) is 3.90. The zero-order valence-corrected chi connectivity index (χ0v) is 14.5. The summed E-state index contributed by atoms with van der Waals surface area (Å²) in [6.45, 7) is 0.658. The quantitative estimate of drug-likeness (QED) is 0.903. The van der Waals surface area contributed by atoms with Crippen molar-refractivity contribution in [3.8, 4) is 0 Å². The van der Waals surface area contributed by atoms with E-state index in [2.05, 4.69) is 9.71 Å². The molecule has 1 atom stereocenters. The largest absolute Gasteiger partial charge is 0.345 e. The summed E-state index contributed by atoms with van der Waals surface area (Å²) < 4.78 is 27.7. The van der Waals surface area contributed by atoms with Crippen LogP contribution >= 0.6 is 0 Å². The molecule has 3 rings (SSSR count). The van der Waals surface area contributed by atoms with Crippen LogP contribution in [0, 0.1) is 0 Å². The zero-order valence-electron chi connectivity index (χ0n) is 13.6. The van der Waals surface area contributed by atoms with Crippen LogP contribution in [0.2, 0.25) is 0 Å². The van der Waals surface area contributed by atoms with Crippen molar-refractivity contribution in [1.29, 1.82) is 0 Å². The summed E-state index contributed by atoms with van der Waals surface area (Å²) in [6.07, 6.45) is 6.70. The van der Waals surface area contributed by atoms with Gasteiger partial charge in [-0.25, -0.2) is 13.1 Å². The lowest BCUT2D eigenvalue weighted by atomic mass is 10.1. The molecule has 0 aliphatic carbocycles. The predicted molar refractivity (Wildman–Crippen MR) is 88.9 cm³/mol. The first-order valence-electron chi connectivity index (χ1n) is 7.75. The van der Waals surface area contributed by atoms with Gasteiger partial charge in [-0.2, -0.15) is 0 Å². The van der Waals surface area contributed by atoms with Crippen LogP contribution in [0.1, 0.15) is 34.9 Å². The highest BCUT2D eigenvalue weighted by atomic mass is 32.2. The Morgan fingerprint density at radius 1 is 1.33 bits per heavy atom. The van der Waals surface area contributed by atoms with E-state index >= 15 is 0 Å². The minimum Gasteiger partial charge on any atom is -0.345 e. The van der Waals surface area contributed by atoms with E-state index in [-0.39, 0.29) is 16.8 Å². The van der Waals surface area contributed by atoms with Gasteiger partial charge in [0, 0.05) is 32.2 Å². The second kappa shape index (κ2) is 6.37. The number of hydrogen-bond donors (Lipinski definition) is 1. The second-order valence-corrected chi connectivity index (χ2v) is 7.70. The summed E-state index contributed by atoms with van der Waals surface area (Å²) >= 11 is 0. The molecule has 0 aromatic carbocycles. The van der Waals surface area contributed by atoms with E-state index in [1.165, 1.54) is 19.3 Å². The molecule has 0 bridgehead atoms. The summed E-state index contributed by atoms with van der Waals surface area (Å²) in [5.41, 5.74) is 1.41. The molecule has 128 valence electrons. The van der Waals surface area contributed by atoms with E-state index in [0.29, 0.717) is 12.2 Å². The van der Waals surface area contributed by atoms with Gasteiger partial charge in [0.2, 0.25) is 10.0 Å². The lowest BCUT2D eigenvalue weighted by molar-refractivity contribution is 0.0726. The number of pyridine rings is 1. The molecule has 7 nitrogen and oxygen atoms in total. The van der Waals surface area contributed by atoms with Gasteiger partial charge in [-0.15, -0.1) is 0 Å². The summed E-state index contributed by atoms with van der Waals surface area (Å²) in [6, 6.07) is 5.26. The molecule has 1 aliphatic rings. The van der Waals surface area contributed by atoms with Crippen LogP contribution in [0.25, 0.3) is 0 Å². The maximum atomic E-state index is 13.0. The van der Waals surface area contributed by atoms with Crippen LogP contribution in [0.4, 0.5) is 0 Å². The first-order chi connectivity index (χ1) is 11.4. The number of nitrogens with one attached hydrogen (secondary N) is 1. The molecule has 8 heteroatoms. The van der Waals surface area contributed by atoms with Gasteiger partial charge in [0.15, 0.2) is 0 Å². The Hall–Kier alpha value is -2.19. The average Bonchev–Trinajstić information content (AvgIpc) is 3.22. The molecule has 1 fully saturated rings. The number of amides is 1. The number of sulfonamides is 1. The summed E-state index contributed by atoms with van der Waals surface area (Å²) in [4.78, 5) is 18.9. The third-order valence-electron chi connectivity index (χ3n) is 4.38. The summed E-state index contributed by atoms with van der Waals surface area (Å²) in [7, 11) is -0.541. The van der Waals surface area contributed by atoms with Crippen LogP contribution in [-0.2, 0) is 17.1 Å². The smallest absolute Gasteiger partial charge is 0.271 e. The molecule has 24 heavy (non-hydrogen) atoms. The highest BCUT2D eigenvalue weighted by Gasteiger charge is 2.32. The molecule has 0 radical (unpaired) electrons. The summed E-state index contributed by atoms with van der Waals surface area (Å²) in [5.74, 6) is -0.158.